The highest BCUT2D eigenvalue weighted by molar-refractivity contribution is 4.91. The van der Waals surface area contributed by atoms with Crippen molar-refractivity contribution in [3.05, 3.63) is 24.3 Å². The van der Waals surface area contributed by atoms with Gasteiger partial charge < -0.3 is 20.1 Å². The second-order valence-corrected chi connectivity index (χ2v) is 4.73. The van der Waals surface area contributed by atoms with Crippen molar-refractivity contribution >= 4 is 0 Å². The van der Waals surface area contributed by atoms with Gasteiger partial charge in [0.05, 0.1) is 33.0 Å². The zero-order valence-corrected chi connectivity index (χ0v) is 11.9. The van der Waals surface area contributed by atoms with E-state index in [9.17, 15) is 0 Å². The fourth-order valence-electron chi connectivity index (χ4n) is 0.885. The maximum absolute atomic E-state index is 8.66. The van der Waals surface area contributed by atoms with Crippen LogP contribution in [0.25, 0.3) is 0 Å². The Kier molecular flexibility index (Phi) is 12.5. The molecule has 0 saturated heterocycles. The Hall–Kier alpha value is -0.680. The Labute approximate surface area is 111 Å². The molecule has 0 aromatic carbocycles. The molecule has 0 aliphatic heterocycles. The molecule has 4 nitrogen and oxygen atoms in total. The van der Waals surface area contributed by atoms with Gasteiger partial charge in [-0.05, 0) is 20.3 Å². The largest absolute Gasteiger partial charge is 0.396 e. The van der Waals surface area contributed by atoms with E-state index in [-0.39, 0.29) is 19.8 Å². The molecule has 4 heteroatoms. The number of hydrogen-bond acceptors (Lipinski definition) is 4. The van der Waals surface area contributed by atoms with Crippen LogP contribution in [0, 0.1) is 5.41 Å². The molecule has 0 fully saturated rings. The van der Waals surface area contributed by atoms with Crippen molar-refractivity contribution in [1.29, 1.82) is 0 Å². The van der Waals surface area contributed by atoms with Gasteiger partial charge in [-0.15, -0.1) is 0 Å². The van der Waals surface area contributed by atoms with Crippen molar-refractivity contribution in [1.82, 2.24) is 0 Å². The third kappa shape index (κ3) is 10.5. The minimum absolute atomic E-state index is 0.156. The summed E-state index contributed by atoms with van der Waals surface area (Å²) in [6, 6.07) is 0. The Morgan fingerprint density at radius 1 is 0.944 bits per heavy atom. The molecule has 0 aromatic rings. The quantitative estimate of drug-likeness (QED) is 0.579. The van der Waals surface area contributed by atoms with Crippen molar-refractivity contribution < 1.29 is 20.1 Å². The maximum Gasteiger partial charge on any atom is 0.0675 e. The lowest BCUT2D eigenvalue weighted by Gasteiger charge is -2.24. The van der Waals surface area contributed by atoms with Gasteiger partial charge in [0.1, 0.15) is 0 Å². The van der Waals surface area contributed by atoms with Crippen molar-refractivity contribution in [3.8, 4) is 0 Å². The summed E-state index contributed by atoms with van der Waals surface area (Å²) in [4.78, 5) is 0. The van der Waals surface area contributed by atoms with Crippen LogP contribution < -0.4 is 0 Å². The van der Waals surface area contributed by atoms with Gasteiger partial charge in [-0.2, -0.15) is 0 Å². The molecule has 0 aliphatic rings. The van der Waals surface area contributed by atoms with Crippen molar-refractivity contribution in [3.63, 3.8) is 0 Å². The predicted octanol–water partition coefficient (Wildman–Crippen LogP) is 1.51. The molecule has 0 unspecified atom stereocenters. The van der Waals surface area contributed by atoms with E-state index in [1.807, 2.05) is 20.8 Å². The van der Waals surface area contributed by atoms with Gasteiger partial charge >= 0.3 is 0 Å². The van der Waals surface area contributed by atoms with Crippen LogP contribution in [-0.2, 0) is 4.74 Å². The van der Waals surface area contributed by atoms with Gasteiger partial charge in [-0.3, -0.25) is 0 Å². The lowest BCUT2D eigenvalue weighted by atomic mass is 9.88. The van der Waals surface area contributed by atoms with E-state index in [4.69, 9.17) is 20.1 Å². The first-order valence-electron chi connectivity index (χ1n) is 6.06. The Balaban J connectivity index is 0. The number of rotatable bonds is 8. The predicted molar refractivity (Wildman–Crippen MR) is 74.4 cm³/mol. The highest BCUT2D eigenvalue weighted by atomic mass is 16.5. The minimum atomic E-state index is -0.667. The molecule has 0 heterocycles. The Bertz CT molecular complexity index is 200. The molecule has 18 heavy (non-hydrogen) atoms. The molecule has 0 radical (unpaired) electrons. The van der Waals surface area contributed by atoms with Gasteiger partial charge in [-0.25, -0.2) is 0 Å². The first-order chi connectivity index (χ1) is 8.37. The highest BCUT2D eigenvalue weighted by Crippen LogP contribution is 2.18. The van der Waals surface area contributed by atoms with Crippen LogP contribution in [0.15, 0.2) is 24.3 Å². The standard InChI is InChI=1S/C8H14O.C6H14O3/c1-7(2)5-9-6-8(3)4;1-2-6(3-7,4-8)5-9/h1,3,5-6H2,2,4H3;7-9H,2-5H2,1H3. The number of aliphatic hydroxyl groups is 3. The molecule has 0 atom stereocenters. The molecule has 0 saturated carbocycles. The van der Waals surface area contributed by atoms with Crippen molar-refractivity contribution in [2.75, 3.05) is 33.0 Å². The van der Waals surface area contributed by atoms with Crippen molar-refractivity contribution in [2.45, 2.75) is 27.2 Å². The molecule has 0 bridgehead atoms. The monoisotopic (exact) mass is 260 g/mol. The van der Waals surface area contributed by atoms with Crippen LogP contribution >= 0.6 is 0 Å². The van der Waals surface area contributed by atoms with E-state index in [0.29, 0.717) is 19.6 Å². The van der Waals surface area contributed by atoms with Gasteiger partial charge in [-0.1, -0.05) is 31.2 Å². The van der Waals surface area contributed by atoms with E-state index >= 15 is 0 Å². The van der Waals surface area contributed by atoms with E-state index in [1.165, 1.54) is 0 Å². The summed E-state index contributed by atoms with van der Waals surface area (Å²) >= 11 is 0. The fraction of sp³-hybridized carbons (Fsp3) is 0.714. The number of hydrogen-bond donors (Lipinski definition) is 3. The smallest absolute Gasteiger partial charge is 0.0675 e. The average Bonchev–Trinajstić information content (AvgIpc) is 2.32. The zero-order valence-electron chi connectivity index (χ0n) is 11.9. The minimum Gasteiger partial charge on any atom is -0.396 e. The van der Waals surface area contributed by atoms with Crippen LogP contribution in [0.1, 0.15) is 27.2 Å². The first-order valence-corrected chi connectivity index (χ1v) is 6.06. The summed E-state index contributed by atoms with van der Waals surface area (Å²) in [5.41, 5.74) is 1.44. The number of ether oxygens (including phenoxy) is 1. The van der Waals surface area contributed by atoms with Crippen LogP contribution in [0.4, 0.5) is 0 Å². The molecule has 0 spiro atoms. The van der Waals surface area contributed by atoms with Crippen LogP contribution in [0.5, 0.6) is 0 Å². The van der Waals surface area contributed by atoms with Gasteiger partial charge in [0, 0.05) is 5.41 Å². The van der Waals surface area contributed by atoms with E-state index < -0.39 is 5.41 Å². The maximum atomic E-state index is 8.66. The number of aliphatic hydroxyl groups excluding tert-OH is 3. The molecular weight excluding hydrogens is 232 g/mol. The second-order valence-electron chi connectivity index (χ2n) is 4.73. The first kappa shape index (κ1) is 19.7. The summed E-state index contributed by atoms with van der Waals surface area (Å²) in [6.45, 7) is 13.9. The summed E-state index contributed by atoms with van der Waals surface area (Å²) in [5, 5.41) is 26.0. The molecule has 0 amide bonds. The van der Waals surface area contributed by atoms with Gasteiger partial charge in [0.15, 0.2) is 0 Å². The molecular formula is C14H28O4. The lowest BCUT2D eigenvalue weighted by molar-refractivity contribution is 0.00304. The zero-order chi connectivity index (χ0) is 14.6. The normalized spacial score (nSPS) is 10.6. The van der Waals surface area contributed by atoms with Crippen LogP contribution in [0.2, 0.25) is 0 Å². The third-order valence-electron chi connectivity index (χ3n) is 2.45. The summed E-state index contributed by atoms with van der Waals surface area (Å²) in [5.74, 6) is 0. The topological polar surface area (TPSA) is 69.9 Å². The average molecular weight is 260 g/mol. The van der Waals surface area contributed by atoms with E-state index in [0.717, 1.165) is 11.1 Å². The second kappa shape index (κ2) is 11.4. The Morgan fingerprint density at radius 2 is 1.28 bits per heavy atom. The van der Waals surface area contributed by atoms with Crippen LogP contribution in [-0.4, -0.2) is 48.4 Å². The Morgan fingerprint density at radius 3 is 1.39 bits per heavy atom. The molecule has 0 rings (SSSR count). The summed E-state index contributed by atoms with van der Waals surface area (Å²) < 4.78 is 5.16. The molecule has 0 aliphatic carbocycles. The molecule has 3 N–H and O–H groups in total. The lowest BCUT2D eigenvalue weighted by Crippen LogP contribution is -2.32. The van der Waals surface area contributed by atoms with E-state index in [1.54, 1.807) is 0 Å². The van der Waals surface area contributed by atoms with E-state index in [2.05, 4.69) is 13.2 Å². The summed E-state index contributed by atoms with van der Waals surface area (Å²) in [7, 11) is 0. The molecule has 108 valence electrons. The van der Waals surface area contributed by atoms with Crippen molar-refractivity contribution in [2.24, 2.45) is 5.41 Å². The summed E-state index contributed by atoms with van der Waals surface area (Å²) in [6.07, 6.45) is 0.594. The fourth-order valence-corrected chi connectivity index (χ4v) is 0.885. The van der Waals surface area contributed by atoms with Gasteiger partial charge in [0.25, 0.3) is 0 Å². The van der Waals surface area contributed by atoms with Crippen LogP contribution in [0.3, 0.4) is 0 Å². The third-order valence-corrected chi connectivity index (χ3v) is 2.45. The van der Waals surface area contributed by atoms with Gasteiger partial charge in [0.2, 0.25) is 0 Å². The molecule has 0 aromatic heterocycles. The highest BCUT2D eigenvalue weighted by Gasteiger charge is 2.24. The SMILES string of the molecule is C=C(C)COCC(=C)C.CCC(CO)(CO)CO.